The summed E-state index contributed by atoms with van der Waals surface area (Å²) in [6, 6.07) is 0.0643. The maximum atomic E-state index is 11.6. The fourth-order valence-corrected chi connectivity index (χ4v) is 2.49. The van der Waals surface area contributed by atoms with E-state index in [1.807, 2.05) is 7.05 Å². The number of carbonyl (C=O) groups is 1. The molecule has 0 saturated carbocycles. The van der Waals surface area contributed by atoms with Gasteiger partial charge in [-0.3, -0.25) is 4.79 Å². The van der Waals surface area contributed by atoms with Gasteiger partial charge in [0.1, 0.15) is 0 Å². The lowest BCUT2D eigenvalue weighted by molar-refractivity contribution is -0.128. The maximum Gasteiger partial charge on any atom is 0.239 e. The molecular formula is C12H22N2O2. The van der Waals surface area contributed by atoms with Crippen LogP contribution in [0.5, 0.6) is 0 Å². The number of nitrogens with one attached hydrogen (secondary N) is 1. The summed E-state index contributed by atoms with van der Waals surface area (Å²) in [6.07, 6.45) is 6.09. The van der Waals surface area contributed by atoms with Crippen LogP contribution in [0.15, 0.2) is 0 Å². The number of rotatable bonds is 5. The molecule has 4 nitrogen and oxygen atoms in total. The van der Waals surface area contributed by atoms with E-state index in [4.69, 9.17) is 4.74 Å². The van der Waals surface area contributed by atoms with Crippen molar-refractivity contribution < 1.29 is 9.53 Å². The van der Waals surface area contributed by atoms with Gasteiger partial charge in [0.15, 0.2) is 0 Å². The molecule has 2 aliphatic heterocycles. The van der Waals surface area contributed by atoms with Crippen LogP contribution in [0.25, 0.3) is 0 Å². The summed E-state index contributed by atoms with van der Waals surface area (Å²) in [5, 5.41) is 3.34. The molecule has 1 N–H and O–H groups in total. The number of ether oxygens (including phenoxy) is 1. The second-order valence-electron chi connectivity index (χ2n) is 4.83. The van der Waals surface area contributed by atoms with Crippen molar-refractivity contribution in [3.05, 3.63) is 0 Å². The van der Waals surface area contributed by atoms with Crippen LogP contribution in [0.3, 0.4) is 0 Å². The molecule has 16 heavy (non-hydrogen) atoms. The Balaban J connectivity index is 1.56. The van der Waals surface area contributed by atoms with Crippen molar-refractivity contribution in [3.63, 3.8) is 0 Å². The predicted octanol–water partition coefficient (Wildman–Crippen LogP) is 0.766. The largest absolute Gasteiger partial charge is 0.378 e. The number of likely N-dealkylation sites (N-methyl/N-ethyl adjacent to an activating group) is 1. The molecule has 2 saturated heterocycles. The molecule has 0 aromatic heterocycles. The van der Waals surface area contributed by atoms with Crippen LogP contribution in [-0.2, 0) is 9.53 Å². The summed E-state index contributed by atoms with van der Waals surface area (Å²) < 4.78 is 5.56. The van der Waals surface area contributed by atoms with E-state index in [9.17, 15) is 4.79 Å². The van der Waals surface area contributed by atoms with E-state index in [0.717, 1.165) is 39.0 Å². The minimum absolute atomic E-state index is 0.0643. The minimum Gasteiger partial charge on any atom is -0.378 e. The zero-order valence-corrected chi connectivity index (χ0v) is 10.1. The van der Waals surface area contributed by atoms with E-state index < -0.39 is 0 Å². The Morgan fingerprint density at radius 3 is 3.00 bits per heavy atom. The third-order valence-electron chi connectivity index (χ3n) is 3.55. The molecule has 2 aliphatic rings. The Morgan fingerprint density at radius 1 is 1.50 bits per heavy atom. The molecule has 0 aliphatic carbocycles. The molecule has 0 radical (unpaired) electrons. The van der Waals surface area contributed by atoms with E-state index in [-0.39, 0.29) is 11.9 Å². The number of carbonyl (C=O) groups excluding carboxylic acids is 1. The fraction of sp³-hybridized carbons (Fsp3) is 0.917. The van der Waals surface area contributed by atoms with E-state index >= 15 is 0 Å². The van der Waals surface area contributed by atoms with Gasteiger partial charge in [0.05, 0.1) is 12.1 Å². The van der Waals surface area contributed by atoms with E-state index in [1.54, 1.807) is 4.90 Å². The molecule has 2 fully saturated rings. The highest BCUT2D eigenvalue weighted by molar-refractivity contribution is 5.83. The molecule has 0 bridgehead atoms. The van der Waals surface area contributed by atoms with Gasteiger partial charge in [-0.2, -0.15) is 0 Å². The van der Waals surface area contributed by atoms with Crippen LogP contribution in [-0.4, -0.2) is 49.7 Å². The van der Waals surface area contributed by atoms with Crippen LogP contribution in [0.2, 0.25) is 0 Å². The van der Waals surface area contributed by atoms with Gasteiger partial charge in [0.25, 0.3) is 0 Å². The van der Waals surface area contributed by atoms with E-state index in [1.165, 1.54) is 12.8 Å². The highest BCUT2D eigenvalue weighted by atomic mass is 16.5. The second-order valence-corrected chi connectivity index (χ2v) is 4.83. The van der Waals surface area contributed by atoms with Gasteiger partial charge in [-0.1, -0.05) is 0 Å². The highest BCUT2D eigenvalue weighted by Crippen LogP contribution is 2.16. The molecule has 0 aromatic carbocycles. The first-order chi connectivity index (χ1) is 7.77. The van der Waals surface area contributed by atoms with Crippen molar-refractivity contribution in [2.45, 2.75) is 44.2 Å². The summed E-state index contributed by atoms with van der Waals surface area (Å²) in [7, 11) is 1.87. The second kappa shape index (κ2) is 5.64. The lowest BCUT2D eigenvalue weighted by Crippen LogP contribution is -2.37. The first kappa shape index (κ1) is 11.9. The Morgan fingerprint density at radius 2 is 2.38 bits per heavy atom. The standard InChI is InChI=1S/C12H22N2O2/c1-14-8-6-11(12(14)15)13-7-2-4-10-5-3-9-16-10/h10-11,13H,2-9H2,1H3. The Bertz CT molecular complexity index is 239. The summed E-state index contributed by atoms with van der Waals surface area (Å²) in [4.78, 5) is 13.4. The van der Waals surface area contributed by atoms with E-state index in [2.05, 4.69) is 5.32 Å². The molecule has 1 amide bonds. The highest BCUT2D eigenvalue weighted by Gasteiger charge is 2.28. The minimum atomic E-state index is 0.0643. The number of hydrogen-bond acceptors (Lipinski definition) is 3. The van der Waals surface area contributed by atoms with Crippen LogP contribution >= 0.6 is 0 Å². The van der Waals surface area contributed by atoms with Gasteiger partial charge in [0.2, 0.25) is 5.91 Å². The lowest BCUT2D eigenvalue weighted by atomic mass is 10.1. The van der Waals surface area contributed by atoms with Crippen molar-refractivity contribution in [1.82, 2.24) is 10.2 Å². The number of nitrogens with zero attached hydrogens (tertiary/aromatic N) is 1. The molecule has 2 unspecified atom stereocenters. The monoisotopic (exact) mass is 226 g/mol. The molecule has 0 spiro atoms. The smallest absolute Gasteiger partial charge is 0.239 e. The van der Waals surface area contributed by atoms with Gasteiger partial charge in [0, 0.05) is 20.2 Å². The summed E-state index contributed by atoms with van der Waals surface area (Å²) in [5.74, 6) is 0.247. The Kier molecular flexibility index (Phi) is 4.18. The summed E-state index contributed by atoms with van der Waals surface area (Å²) in [6.45, 7) is 2.76. The topological polar surface area (TPSA) is 41.6 Å². The average molecular weight is 226 g/mol. The SMILES string of the molecule is CN1CCC(NCCCC2CCCO2)C1=O. The maximum absolute atomic E-state index is 11.6. The summed E-state index contributed by atoms with van der Waals surface area (Å²) >= 11 is 0. The molecule has 2 atom stereocenters. The van der Waals surface area contributed by atoms with Crippen LogP contribution in [0, 0.1) is 0 Å². The normalized spacial score (nSPS) is 30.3. The van der Waals surface area contributed by atoms with Crippen molar-refractivity contribution in [2.24, 2.45) is 0 Å². The van der Waals surface area contributed by atoms with Gasteiger partial charge in [-0.15, -0.1) is 0 Å². The van der Waals surface area contributed by atoms with Gasteiger partial charge < -0.3 is 15.0 Å². The molecule has 4 heteroatoms. The van der Waals surface area contributed by atoms with Crippen molar-refractivity contribution >= 4 is 5.91 Å². The van der Waals surface area contributed by atoms with Gasteiger partial charge >= 0.3 is 0 Å². The quantitative estimate of drug-likeness (QED) is 0.704. The average Bonchev–Trinajstić information content (AvgIpc) is 2.88. The first-order valence-electron chi connectivity index (χ1n) is 6.37. The molecule has 2 heterocycles. The van der Waals surface area contributed by atoms with Crippen LogP contribution < -0.4 is 5.32 Å². The molecule has 2 rings (SSSR count). The number of hydrogen-bond donors (Lipinski definition) is 1. The lowest BCUT2D eigenvalue weighted by Gasteiger charge is -2.13. The van der Waals surface area contributed by atoms with Gasteiger partial charge in [-0.25, -0.2) is 0 Å². The summed E-state index contributed by atoms with van der Waals surface area (Å²) in [5.41, 5.74) is 0. The third kappa shape index (κ3) is 2.95. The fourth-order valence-electron chi connectivity index (χ4n) is 2.49. The number of amides is 1. The zero-order chi connectivity index (χ0) is 11.4. The van der Waals surface area contributed by atoms with Gasteiger partial charge in [-0.05, 0) is 38.6 Å². The van der Waals surface area contributed by atoms with Crippen molar-refractivity contribution in [2.75, 3.05) is 26.7 Å². The van der Waals surface area contributed by atoms with Crippen molar-refractivity contribution in [3.8, 4) is 0 Å². The predicted molar refractivity (Wildman–Crippen MR) is 62.3 cm³/mol. The van der Waals surface area contributed by atoms with Crippen molar-refractivity contribution in [1.29, 1.82) is 0 Å². The molecule has 0 aromatic rings. The Labute approximate surface area is 97.3 Å². The zero-order valence-electron chi connectivity index (χ0n) is 10.1. The molecular weight excluding hydrogens is 204 g/mol. The van der Waals surface area contributed by atoms with E-state index in [0.29, 0.717) is 6.10 Å². The molecule has 92 valence electrons. The first-order valence-corrected chi connectivity index (χ1v) is 6.37. The van der Waals surface area contributed by atoms with Crippen LogP contribution in [0.1, 0.15) is 32.1 Å². The Hall–Kier alpha value is -0.610. The number of likely N-dealkylation sites (tertiary alicyclic amines) is 1. The van der Waals surface area contributed by atoms with Crippen LogP contribution in [0.4, 0.5) is 0 Å². The third-order valence-corrected chi connectivity index (χ3v) is 3.55.